The number of rotatable bonds is 3. The van der Waals surface area contributed by atoms with Gasteiger partial charge >= 0.3 is 5.88 Å². The van der Waals surface area contributed by atoms with Crippen LogP contribution in [0, 0.1) is 10.1 Å². The summed E-state index contributed by atoms with van der Waals surface area (Å²) in [5, 5.41) is 10.6. The number of nitrogens with zero attached hydrogens (tertiary/aromatic N) is 3. The summed E-state index contributed by atoms with van der Waals surface area (Å²) in [6, 6.07) is 10.4. The first-order chi connectivity index (χ1) is 10.2. The lowest BCUT2D eigenvalue weighted by Gasteiger charge is -1.98. The van der Waals surface area contributed by atoms with Gasteiger partial charge in [0.25, 0.3) is 0 Å². The van der Waals surface area contributed by atoms with E-state index >= 15 is 0 Å². The Hall–Kier alpha value is -2.80. The van der Waals surface area contributed by atoms with E-state index < -0.39 is 4.92 Å². The quantitative estimate of drug-likeness (QED) is 0.416. The lowest BCUT2D eigenvalue weighted by molar-refractivity contribution is -0.402. The van der Waals surface area contributed by atoms with E-state index in [0.717, 1.165) is 11.0 Å². The molecule has 3 aromatic rings. The second-order valence-corrected chi connectivity index (χ2v) is 4.69. The Kier molecular flexibility index (Phi) is 2.48. The number of fused-ring (bicyclic) bond motifs is 1. The maximum Gasteiger partial charge on any atom is 0.433 e. The molecule has 2 unspecified atom stereocenters. The molecule has 0 aliphatic carbocycles. The van der Waals surface area contributed by atoms with Gasteiger partial charge in [0.1, 0.15) is 22.9 Å². The first-order valence-corrected chi connectivity index (χ1v) is 6.33. The van der Waals surface area contributed by atoms with Crippen molar-refractivity contribution in [2.75, 3.05) is 0 Å². The van der Waals surface area contributed by atoms with Crippen molar-refractivity contribution < 1.29 is 14.1 Å². The highest BCUT2D eigenvalue weighted by Crippen LogP contribution is 2.51. The molecule has 0 amide bonds. The van der Waals surface area contributed by atoms with Crippen LogP contribution in [0.3, 0.4) is 0 Å². The highest BCUT2D eigenvalue weighted by Gasteiger charge is 2.45. The number of hydrogen-bond acceptors (Lipinski definition) is 6. The summed E-state index contributed by atoms with van der Waals surface area (Å²) in [5.74, 6) is 0.144. The van der Waals surface area contributed by atoms with Gasteiger partial charge in [0.2, 0.25) is 0 Å². The fourth-order valence-corrected chi connectivity index (χ4v) is 2.26. The molecule has 7 heteroatoms. The van der Waals surface area contributed by atoms with Gasteiger partial charge in [-0.2, -0.15) is 0 Å². The third-order valence-electron chi connectivity index (χ3n) is 3.32. The molecule has 0 spiro atoms. The third kappa shape index (κ3) is 2.03. The van der Waals surface area contributed by atoms with E-state index in [4.69, 9.17) is 9.15 Å². The van der Waals surface area contributed by atoms with Crippen molar-refractivity contribution in [3.05, 3.63) is 64.2 Å². The van der Waals surface area contributed by atoms with Crippen LogP contribution in [-0.4, -0.2) is 14.9 Å². The maximum atomic E-state index is 10.6. The van der Waals surface area contributed by atoms with Crippen LogP contribution in [0.2, 0.25) is 0 Å². The third-order valence-corrected chi connectivity index (χ3v) is 3.32. The molecular formula is C14H9N3O4. The molecule has 4 rings (SSSR count). The maximum absolute atomic E-state index is 10.6. The normalized spacial score (nSPS) is 20.6. The van der Waals surface area contributed by atoms with Crippen LogP contribution in [-0.2, 0) is 4.74 Å². The van der Waals surface area contributed by atoms with Crippen molar-refractivity contribution in [1.29, 1.82) is 0 Å². The van der Waals surface area contributed by atoms with E-state index in [0.29, 0.717) is 11.5 Å². The van der Waals surface area contributed by atoms with Crippen LogP contribution in [0.5, 0.6) is 0 Å². The Morgan fingerprint density at radius 3 is 2.67 bits per heavy atom. The fourth-order valence-electron chi connectivity index (χ4n) is 2.26. The summed E-state index contributed by atoms with van der Waals surface area (Å²) in [7, 11) is 0. The highest BCUT2D eigenvalue weighted by molar-refractivity contribution is 5.73. The minimum atomic E-state index is -0.573. The lowest BCUT2D eigenvalue weighted by Crippen LogP contribution is -1.92. The van der Waals surface area contributed by atoms with Crippen LogP contribution < -0.4 is 0 Å². The molecule has 104 valence electrons. The molecule has 7 nitrogen and oxygen atoms in total. The van der Waals surface area contributed by atoms with Gasteiger partial charge in [-0.05, 0) is 18.2 Å². The smallest absolute Gasteiger partial charge is 0.403 e. The van der Waals surface area contributed by atoms with E-state index in [1.807, 2.05) is 24.3 Å². The predicted molar refractivity (Wildman–Crippen MR) is 71.5 cm³/mol. The minimum Gasteiger partial charge on any atom is -0.403 e. The van der Waals surface area contributed by atoms with Crippen molar-refractivity contribution in [1.82, 2.24) is 9.97 Å². The van der Waals surface area contributed by atoms with Crippen LogP contribution in [0.1, 0.15) is 23.7 Å². The van der Waals surface area contributed by atoms with Crippen molar-refractivity contribution in [2.24, 2.45) is 0 Å². The molecule has 2 aromatic heterocycles. The largest absolute Gasteiger partial charge is 0.433 e. The molecule has 2 atom stereocenters. The molecule has 21 heavy (non-hydrogen) atoms. The van der Waals surface area contributed by atoms with E-state index in [9.17, 15) is 10.1 Å². The lowest BCUT2D eigenvalue weighted by atomic mass is 10.2. The van der Waals surface area contributed by atoms with Crippen molar-refractivity contribution in [3.63, 3.8) is 0 Å². The Bertz CT molecular complexity index is 845. The average molecular weight is 283 g/mol. The SMILES string of the molecule is O=[N+]([O-])c1ccc(C2OC2c2cnc3ccccc3n2)o1. The van der Waals surface area contributed by atoms with Crippen LogP contribution in [0.15, 0.2) is 47.0 Å². The molecule has 0 bridgehead atoms. The van der Waals surface area contributed by atoms with Crippen LogP contribution >= 0.6 is 0 Å². The number of benzene rings is 1. The number of para-hydroxylation sites is 2. The van der Waals surface area contributed by atoms with E-state index in [1.54, 1.807) is 12.3 Å². The van der Waals surface area contributed by atoms with Crippen molar-refractivity contribution in [2.45, 2.75) is 12.2 Å². The minimum absolute atomic E-state index is 0.270. The molecule has 0 saturated carbocycles. The first kappa shape index (κ1) is 12.0. The van der Waals surface area contributed by atoms with Crippen LogP contribution in [0.25, 0.3) is 11.0 Å². The topological polar surface area (TPSA) is 94.6 Å². The number of ether oxygens (including phenoxy) is 1. The van der Waals surface area contributed by atoms with Gasteiger partial charge < -0.3 is 9.15 Å². The standard InChI is InChI=1S/C14H9N3O4/c18-17(19)12-6-5-11(20-12)14-13(21-14)10-7-15-8-3-1-2-4-9(8)16-10/h1-7,13-14H. The summed E-state index contributed by atoms with van der Waals surface area (Å²) in [5.41, 5.74) is 2.29. The molecule has 0 N–H and O–H groups in total. The second kappa shape index (κ2) is 4.35. The van der Waals surface area contributed by atoms with E-state index in [2.05, 4.69) is 9.97 Å². The Morgan fingerprint density at radius 2 is 1.90 bits per heavy atom. The number of furan rings is 1. The highest BCUT2D eigenvalue weighted by atomic mass is 16.7. The van der Waals surface area contributed by atoms with Crippen molar-refractivity contribution in [3.8, 4) is 0 Å². The molecule has 0 radical (unpaired) electrons. The summed E-state index contributed by atoms with van der Waals surface area (Å²) >= 11 is 0. The summed E-state index contributed by atoms with van der Waals surface area (Å²) in [6.07, 6.45) is 1.05. The predicted octanol–water partition coefficient (Wildman–Crippen LogP) is 2.94. The second-order valence-electron chi connectivity index (χ2n) is 4.69. The summed E-state index contributed by atoms with van der Waals surface area (Å²) < 4.78 is 10.6. The zero-order valence-electron chi connectivity index (χ0n) is 10.7. The zero-order chi connectivity index (χ0) is 14.4. The Morgan fingerprint density at radius 1 is 1.10 bits per heavy atom. The van der Waals surface area contributed by atoms with Gasteiger partial charge in [-0.25, -0.2) is 4.98 Å². The average Bonchev–Trinajstić information content (AvgIpc) is 3.15. The van der Waals surface area contributed by atoms with Gasteiger partial charge in [-0.3, -0.25) is 15.1 Å². The van der Waals surface area contributed by atoms with E-state index in [-0.39, 0.29) is 18.1 Å². The number of nitro groups is 1. The Labute approximate surface area is 118 Å². The van der Waals surface area contributed by atoms with Crippen molar-refractivity contribution >= 4 is 16.9 Å². The first-order valence-electron chi connectivity index (χ1n) is 6.33. The molecule has 3 heterocycles. The molecule has 1 aliphatic rings. The van der Waals surface area contributed by atoms with E-state index in [1.165, 1.54) is 6.07 Å². The van der Waals surface area contributed by atoms with Crippen LogP contribution in [0.4, 0.5) is 5.88 Å². The Balaban J connectivity index is 1.61. The fraction of sp³-hybridized carbons (Fsp3) is 0.143. The molecule has 1 aliphatic heterocycles. The monoisotopic (exact) mass is 283 g/mol. The summed E-state index contributed by atoms with van der Waals surface area (Å²) in [6.45, 7) is 0. The zero-order valence-corrected chi connectivity index (χ0v) is 10.7. The summed E-state index contributed by atoms with van der Waals surface area (Å²) in [4.78, 5) is 18.8. The molecule has 1 fully saturated rings. The van der Waals surface area contributed by atoms with Gasteiger partial charge in [0.05, 0.1) is 29.0 Å². The van der Waals surface area contributed by atoms with Gasteiger partial charge in [0.15, 0.2) is 0 Å². The molecular weight excluding hydrogens is 274 g/mol. The number of epoxide rings is 1. The molecule has 1 aromatic carbocycles. The molecule has 1 saturated heterocycles. The number of hydrogen-bond donors (Lipinski definition) is 0. The van der Waals surface area contributed by atoms with Gasteiger partial charge in [-0.15, -0.1) is 0 Å². The van der Waals surface area contributed by atoms with Gasteiger partial charge in [-0.1, -0.05) is 12.1 Å². The number of aromatic nitrogens is 2. The van der Waals surface area contributed by atoms with Gasteiger partial charge in [0, 0.05) is 0 Å².